The van der Waals surface area contributed by atoms with Crippen molar-refractivity contribution in [2.45, 2.75) is 32.6 Å². The number of amides is 1. The van der Waals surface area contributed by atoms with Gasteiger partial charge in [-0.15, -0.1) is 10.2 Å². The third-order valence-electron chi connectivity index (χ3n) is 6.95. The Morgan fingerprint density at radius 1 is 1.22 bits per heavy atom. The second-order valence-corrected chi connectivity index (χ2v) is 9.56. The molecule has 2 aromatic heterocycles. The van der Waals surface area contributed by atoms with Gasteiger partial charge in [-0.05, 0) is 18.4 Å². The zero-order valence-corrected chi connectivity index (χ0v) is 20.1. The van der Waals surface area contributed by atoms with Crippen LogP contribution in [0.25, 0.3) is 10.9 Å². The standard InChI is InChI=1S/C23H19ClF5N7O/c1-11-9-34(20-12(7-30)8-31-19-14(20)6-15(25)17(24)18(19)26)3-2-13(11)21(37)35-4-5-36-16(10-35)32-33-22(36)23(27,28)29/h6,8,11,13H,2-5,9-10H2,1H3. The number of benzene rings is 1. The number of anilines is 1. The van der Waals surface area contributed by atoms with Crippen LogP contribution >= 0.6 is 11.6 Å². The van der Waals surface area contributed by atoms with Crippen molar-refractivity contribution in [3.63, 3.8) is 0 Å². The van der Waals surface area contributed by atoms with Gasteiger partial charge in [0.05, 0.1) is 17.8 Å². The first kappa shape index (κ1) is 25.1. The van der Waals surface area contributed by atoms with Gasteiger partial charge in [-0.1, -0.05) is 18.5 Å². The molecule has 0 bridgehead atoms. The zero-order chi connectivity index (χ0) is 26.6. The van der Waals surface area contributed by atoms with E-state index in [0.29, 0.717) is 25.2 Å². The third kappa shape index (κ3) is 4.22. The van der Waals surface area contributed by atoms with E-state index in [-0.39, 0.29) is 53.8 Å². The minimum atomic E-state index is -4.63. The van der Waals surface area contributed by atoms with Crippen molar-refractivity contribution in [1.29, 1.82) is 5.26 Å². The Kier molecular flexibility index (Phi) is 6.18. The van der Waals surface area contributed by atoms with Crippen LogP contribution in [0, 0.1) is 34.8 Å². The van der Waals surface area contributed by atoms with Crippen LogP contribution in [0.1, 0.15) is 30.6 Å². The van der Waals surface area contributed by atoms with Crippen LogP contribution in [0.15, 0.2) is 12.3 Å². The van der Waals surface area contributed by atoms with Crippen LogP contribution in [0.4, 0.5) is 27.6 Å². The van der Waals surface area contributed by atoms with E-state index in [0.717, 1.165) is 10.6 Å². The number of hydrogen-bond donors (Lipinski definition) is 0. The number of piperidine rings is 1. The quantitative estimate of drug-likeness (QED) is 0.359. The highest BCUT2D eigenvalue weighted by Gasteiger charge is 2.41. The molecule has 1 aromatic carbocycles. The van der Waals surface area contributed by atoms with Gasteiger partial charge in [0.1, 0.15) is 22.4 Å². The lowest BCUT2D eigenvalue weighted by Gasteiger charge is -2.40. The normalized spacial score (nSPS) is 20.2. The predicted molar refractivity (Wildman–Crippen MR) is 121 cm³/mol. The lowest BCUT2D eigenvalue weighted by molar-refractivity contribution is -0.148. The van der Waals surface area contributed by atoms with E-state index in [9.17, 15) is 32.0 Å². The summed E-state index contributed by atoms with van der Waals surface area (Å²) in [5.41, 5.74) is 0.272. The van der Waals surface area contributed by atoms with Gasteiger partial charge in [-0.2, -0.15) is 18.4 Å². The monoisotopic (exact) mass is 539 g/mol. The molecule has 0 radical (unpaired) electrons. The van der Waals surface area contributed by atoms with Gasteiger partial charge in [0, 0.05) is 43.7 Å². The second kappa shape index (κ2) is 9.09. The molecule has 2 atom stereocenters. The van der Waals surface area contributed by atoms with Crippen molar-refractivity contribution >= 4 is 34.1 Å². The minimum Gasteiger partial charge on any atom is -0.370 e. The molecule has 37 heavy (non-hydrogen) atoms. The van der Waals surface area contributed by atoms with E-state index in [1.165, 1.54) is 11.1 Å². The summed E-state index contributed by atoms with van der Waals surface area (Å²) in [6.07, 6.45) is -3.06. The molecule has 1 saturated heterocycles. The number of carbonyl (C=O) groups is 1. The Hall–Kier alpha value is -3.53. The number of hydrogen-bond acceptors (Lipinski definition) is 6. The van der Waals surface area contributed by atoms with Crippen molar-refractivity contribution in [1.82, 2.24) is 24.6 Å². The molecule has 8 nitrogen and oxygen atoms in total. The Morgan fingerprint density at radius 2 is 1.97 bits per heavy atom. The smallest absolute Gasteiger partial charge is 0.370 e. The fraction of sp³-hybridized carbons (Fsp3) is 0.435. The molecule has 0 saturated carbocycles. The van der Waals surface area contributed by atoms with Crippen LogP contribution in [0.5, 0.6) is 0 Å². The first-order valence-corrected chi connectivity index (χ1v) is 11.8. The molecule has 4 heterocycles. The molecular formula is C23H19ClF5N7O. The highest BCUT2D eigenvalue weighted by atomic mass is 35.5. The van der Waals surface area contributed by atoms with Crippen LogP contribution in [0.2, 0.25) is 5.02 Å². The van der Waals surface area contributed by atoms with Gasteiger partial charge in [0.25, 0.3) is 0 Å². The lowest BCUT2D eigenvalue weighted by Crippen LogP contribution is -2.49. The summed E-state index contributed by atoms with van der Waals surface area (Å²) in [6.45, 7) is 2.40. The lowest BCUT2D eigenvalue weighted by atomic mass is 9.85. The van der Waals surface area contributed by atoms with Gasteiger partial charge >= 0.3 is 6.18 Å². The maximum Gasteiger partial charge on any atom is 0.451 e. The van der Waals surface area contributed by atoms with Crippen molar-refractivity contribution in [2.75, 3.05) is 24.5 Å². The van der Waals surface area contributed by atoms with Crippen LogP contribution < -0.4 is 4.90 Å². The number of nitrogens with zero attached hydrogens (tertiary/aromatic N) is 7. The van der Waals surface area contributed by atoms with Crippen molar-refractivity contribution in [3.8, 4) is 6.07 Å². The summed E-state index contributed by atoms with van der Waals surface area (Å²) in [5.74, 6) is -3.89. The van der Waals surface area contributed by atoms with E-state index >= 15 is 0 Å². The summed E-state index contributed by atoms with van der Waals surface area (Å²) < 4.78 is 69.2. The fourth-order valence-corrected chi connectivity index (χ4v) is 5.30. The van der Waals surface area contributed by atoms with Crippen molar-refractivity contribution in [3.05, 3.63) is 46.1 Å². The fourth-order valence-electron chi connectivity index (χ4n) is 5.16. The van der Waals surface area contributed by atoms with E-state index in [2.05, 4.69) is 15.2 Å². The molecule has 14 heteroatoms. The average Bonchev–Trinajstić information content (AvgIpc) is 3.30. The number of rotatable bonds is 2. The summed E-state index contributed by atoms with van der Waals surface area (Å²) >= 11 is 5.70. The maximum absolute atomic E-state index is 14.6. The molecule has 0 aliphatic carbocycles. The van der Waals surface area contributed by atoms with Crippen LogP contribution in [-0.2, 0) is 24.1 Å². The van der Waals surface area contributed by atoms with Gasteiger partial charge < -0.3 is 14.4 Å². The predicted octanol–water partition coefficient (Wildman–Crippen LogP) is 4.15. The Morgan fingerprint density at radius 3 is 2.65 bits per heavy atom. The average molecular weight is 540 g/mol. The minimum absolute atomic E-state index is 0.0651. The topological polar surface area (TPSA) is 90.9 Å². The number of pyridine rings is 1. The molecule has 3 aromatic rings. The number of aromatic nitrogens is 4. The number of alkyl halides is 3. The number of carbonyl (C=O) groups excluding carboxylic acids is 1. The highest BCUT2D eigenvalue weighted by molar-refractivity contribution is 6.31. The molecule has 2 aliphatic rings. The van der Waals surface area contributed by atoms with Gasteiger partial charge in [-0.25, -0.2) is 8.78 Å². The third-order valence-corrected chi connectivity index (χ3v) is 7.29. The van der Waals surface area contributed by atoms with E-state index in [1.54, 1.807) is 4.90 Å². The maximum atomic E-state index is 14.6. The van der Waals surface area contributed by atoms with Gasteiger partial charge in [-0.3, -0.25) is 9.78 Å². The number of nitriles is 1. The molecule has 1 amide bonds. The molecule has 0 spiro atoms. The van der Waals surface area contributed by atoms with Crippen molar-refractivity contribution < 1.29 is 26.7 Å². The Bertz CT molecular complexity index is 1450. The van der Waals surface area contributed by atoms with E-state index < -0.39 is 34.6 Å². The van der Waals surface area contributed by atoms with Crippen LogP contribution in [0.3, 0.4) is 0 Å². The van der Waals surface area contributed by atoms with Crippen LogP contribution in [-0.4, -0.2) is 50.2 Å². The molecule has 194 valence electrons. The summed E-state index contributed by atoms with van der Waals surface area (Å²) in [6, 6.07) is 3.06. The van der Waals surface area contributed by atoms with Gasteiger partial charge in [0.2, 0.25) is 11.7 Å². The summed E-state index contributed by atoms with van der Waals surface area (Å²) in [5, 5.41) is 15.9. The van der Waals surface area contributed by atoms with E-state index in [4.69, 9.17) is 11.6 Å². The van der Waals surface area contributed by atoms with E-state index in [1.807, 2.05) is 13.0 Å². The summed E-state index contributed by atoms with van der Waals surface area (Å²) in [7, 11) is 0. The highest BCUT2D eigenvalue weighted by Crippen LogP contribution is 2.38. The van der Waals surface area contributed by atoms with Gasteiger partial charge in [0.15, 0.2) is 11.6 Å². The largest absolute Gasteiger partial charge is 0.451 e. The number of fused-ring (bicyclic) bond motifs is 2. The number of halogens is 6. The first-order chi connectivity index (χ1) is 17.5. The molecule has 2 unspecified atom stereocenters. The Balaban J connectivity index is 1.37. The van der Waals surface area contributed by atoms with Crippen molar-refractivity contribution in [2.24, 2.45) is 11.8 Å². The zero-order valence-electron chi connectivity index (χ0n) is 19.4. The molecule has 2 aliphatic heterocycles. The SMILES string of the molecule is CC1CN(c2c(C#N)cnc3c(F)c(Cl)c(F)cc23)CCC1C(=O)N1CCn2c(nnc2C(F)(F)F)C1. The first-order valence-electron chi connectivity index (χ1n) is 11.4. The molecule has 0 N–H and O–H groups in total. The Labute approximate surface area is 212 Å². The molecule has 5 rings (SSSR count). The molecule has 1 fully saturated rings. The second-order valence-electron chi connectivity index (χ2n) is 9.18. The summed E-state index contributed by atoms with van der Waals surface area (Å²) in [4.78, 5) is 20.6. The molecular weight excluding hydrogens is 521 g/mol.